The van der Waals surface area contributed by atoms with Crippen molar-refractivity contribution in [3.8, 4) is 5.75 Å². The lowest BCUT2D eigenvalue weighted by molar-refractivity contribution is -0.139. The predicted molar refractivity (Wildman–Crippen MR) is 127 cm³/mol. The van der Waals surface area contributed by atoms with Crippen molar-refractivity contribution in [3.63, 3.8) is 0 Å². The van der Waals surface area contributed by atoms with Crippen molar-refractivity contribution in [1.82, 2.24) is 5.16 Å². The summed E-state index contributed by atoms with van der Waals surface area (Å²) in [6, 6.07) is 10.4. The van der Waals surface area contributed by atoms with Crippen molar-refractivity contribution in [2.24, 2.45) is 0 Å². The molecule has 9 heteroatoms. The lowest BCUT2D eigenvalue weighted by Gasteiger charge is -2.08. The Labute approximate surface area is 197 Å². The lowest BCUT2D eigenvalue weighted by Crippen LogP contribution is -2.10. The fourth-order valence-corrected chi connectivity index (χ4v) is 5.38. The third kappa shape index (κ3) is 5.66. The Balaban J connectivity index is 0.000000968. The maximum atomic E-state index is 10.8. The van der Waals surface area contributed by atoms with Crippen LogP contribution in [0.4, 0.5) is 0 Å². The number of carboxylic acid groups (broad SMARTS) is 1. The average Bonchev–Trinajstić information content (AvgIpc) is 3.30. The molecule has 4 aromatic rings. The minimum Gasteiger partial charge on any atom is -0.481 e. The molecule has 0 aliphatic heterocycles. The van der Waals surface area contributed by atoms with Crippen molar-refractivity contribution >= 4 is 47.7 Å². The Hall–Kier alpha value is -3.04. The zero-order valence-corrected chi connectivity index (χ0v) is 20.7. The SMILES string of the molecule is Cc1ccc2c(C(C)C)c(CCc3noc4cc(OCC(=O)O)c(C)cc34)sc2c1.O=[Si]=O. The largest absolute Gasteiger partial charge is 0.549 e. The first-order chi connectivity index (χ1) is 15.7. The molecule has 0 saturated carbocycles. The third-order valence-electron chi connectivity index (χ3n) is 5.32. The van der Waals surface area contributed by atoms with Crippen LogP contribution in [0.1, 0.15) is 47.0 Å². The second-order valence-corrected chi connectivity index (χ2v) is 9.41. The van der Waals surface area contributed by atoms with E-state index in [0.717, 1.165) is 29.5 Å². The van der Waals surface area contributed by atoms with Gasteiger partial charge < -0.3 is 14.4 Å². The summed E-state index contributed by atoms with van der Waals surface area (Å²) >= 11 is 1.87. The first-order valence-electron chi connectivity index (χ1n) is 10.5. The molecule has 4 rings (SSSR count). The second-order valence-electron chi connectivity index (χ2n) is 8.10. The van der Waals surface area contributed by atoms with Gasteiger partial charge in [0, 0.05) is 21.0 Å². The number of hydrogen-bond donors (Lipinski definition) is 1. The zero-order chi connectivity index (χ0) is 24.1. The number of aliphatic carboxylic acids is 1. The van der Waals surface area contributed by atoms with Gasteiger partial charge in [0.25, 0.3) is 0 Å². The molecule has 2 heterocycles. The highest BCUT2D eigenvalue weighted by Crippen LogP contribution is 2.38. The summed E-state index contributed by atoms with van der Waals surface area (Å²) in [6.07, 6.45) is 1.69. The Bertz CT molecular complexity index is 1330. The number of benzene rings is 2. The molecular formula is C24H25NO6SSi. The fourth-order valence-electron chi connectivity index (χ4n) is 3.92. The maximum absolute atomic E-state index is 10.8. The van der Waals surface area contributed by atoms with Crippen LogP contribution in [0.2, 0.25) is 0 Å². The summed E-state index contributed by atoms with van der Waals surface area (Å²) in [6.45, 7) is 8.15. The van der Waals surface area contributed by atoms with Gasteiger partial charge in [-0.3, -0.25) is 8.92 Å². The lowest BCUT2D eigenvalue weighted by atomic mass is 9.96. The third-order valence-corrected chi connectivity index (χ3v) is 6.55. The van der Waals surface area contributed by atoms with Gasteiger partial charge in [-0.15, -0.1) is 11.3 Å². The number of fused-ring (bicyclic) bond motifs is 2. The van der Waals surface area contributed by atoms with Crippen molar-refractivity contribution < 1.29 is 28.1 Å². The molecule has 0 fully saturated rings. The molecule has 0 radical (unpaired) electrons. The molecule has 2 aromatic heterocycles. The first-order valence-corrected chi connectivity index (χ1v) is 12.1. The van der Waals surface area contributed by atoms with E-state index in [1.165, 1.54) is 26.1 Å². The Morgan fingerprint density at radius 3 is 2.55 bits per heavy atom. The normalized spacial score (nSPS) is 10.8. The summed E-state index contributed by atoms with van der Waals surface area (Å²) in [4.78, 5) is 12.2. The van der Waals surface area contributed by atoms with Gasteiger partial charge in [-0.1, -0.05) is 31.1 Å². The van der Waals surface area contributed by atoms with Crippen LogP contribution in [-0.4, -0.2) is 32.1 Å². The minimum atomic E-state index is -1.42. The molecule has 0 spiro atoms. The van der Waals surface area contributed by atoms with E-state index >= 15 is 0 Å². The predicted octanol–water partition coefficient (Wildman–Crippen LogP) is 5.41. The van der Waals surface area contributed by atoms with Crippen LogP contribution in [0.15, 0.2) is 34.9 Å². The van der Waals surface area contributed by atoms with Crippen LogP contribution in [0.5, 0.6) is 5.75 Å². The number of aromatic nitrogens is 1. The van der Waals surface area contributed by atoms with Crippen molar-refractivity contribution in [2.45, 2.75) is 46.5 Å². The van der Waals surface area contributed by atoms with E-state index in [2.05, 4.69) is 44.1 Å². The van der Waals surface area contributed by atoms with Crippen LogP contribution in [0, 0.1) is 13.8 Å². The summed E-state index contributed by atoms with van der Waals surface area (Å²) in [7, 11) is -1.42. The number of aryl methyl sites for hydroxylation is 4. The number of ether oxygens (including phenoxy) is 1. The summed E-state index contributed by atoms with van der Waals surface area (Å²) in [5, 5.41) is 15.4. The van der Waals surface area contributed by atoms with Gasteiger partial charge in [0.1, 0.15) is 5.75 Å². The molecule has 0 amide bonds. The Kier molecular flexibility index (Phi) is 7.99. The van der Waals surface area contributed by atoms with Gasteiger partial charge in [0.15, 0.2) is 12.2 Å². The molecule has 2 aromatic carbocycles. The second kappa shape index (κ2) is 10.7. The monoisotopic (exact) mass is 483 g/mol. The molecule has 0 atom stereocenters. The van der Waals surface area contributed by atoms with Gasteiger partial charge in [0.05, 0.1) is 5.69 Å². The van der Waals surface area contributed by atoms with Crippen LogP contribution in [0.3, 0.4) is 0 Å². The Morgan fingerprint density at radius 2 is 1.88 bits per heavy atom. The highest BCUT2D eigenvalue weighted by molar-refractivity contribution is 7.19. The van der Waals surface area contributed by atoms with Crippen molar-refractivity contribution in [1.29, 1.82) is 0 Å². The number of carbonyl (C=O) groups is 1. The molecule has 0 unspecified atom stereocenters. The number of rotatable bonds is 7. The van der Waals surface area contributed by atoms with Gasteiger partial charge in [-0.25, -0.2) is 4.79 Å². The van der Waals surface area contributed by atoms with E-state index in [0.29, 0.717) is 17.3 Å². The van der Waals surface area contributed by atoms with Crippen LogP contribution >= 0.6 is 11.3 Å². The molecule has 33 heavy (non-hydrogen) atoms. The Morgan fingerprint density at radius 1 is 1.15 bits per heavy atom. The standard InChI is InChI=1S/C24H25NO4S.O2Si/c1-13(2)24-16-6-5-14(3)9-22(16)30-21(24)8-7-18-17-10-15(4)19(28-12-23(26)27)11-20(17)29-25-18;1-3-2/h5-6,9-11,13H,7-8,12H2,1-4H3,(H,26,27);. The molecular weight excluding hydrogens is 458 g/mol. The molecule has 1 N–H and O–H groups in total. The van der Waals surface area contributed by atoms with Gasteiger partial charge >= 0.3 is 15.3 Å². The van der Waals surface area contributed by atoms with E-state index in [1.54, 1.807) is 6.07 Å². The van der Waals surface area contributed by atoms with Crippen molar-refractivity contribution in [2.75, 3.05) is 6.61 Å². The van der Waals surface area contributed by atoms with Crippen LogP contribution in [0.25, 0.3) is 21.1 Å². The van der Waals surface area contributed by atoms with Crippen molar-refractivity contribution in [3.05, 3.63) is 57.6 Å². The summed E-state index contributed by atoms with van der Waals surface area (Å²) in [5.41, 5.74) is 5.12. The quantitative estimate of drug-likeness (QED) is 0.350. The fraction of sp³-hybridized carbons (Fsp3) is 0.333. The number of nitrogens with zero attached hydrogens (tertiary/aromatic N) is 1. The number of hydrogen-bond acceptors (Lipinski definition) is 7. The number of carboxylic acids is 1. The van der Waals surface area contributed by atoms with E-state index < -0.39 is 15.3 Å². The first kappa shape index (κ1) is 24.6. The summed E-state index contributed by atoms with van der Waals surface area (Å²) in [5.74, 6) is -0.0384. The molecule has 172 valence electrons. The summed E-state index contributed by atoms with van der Waals surface area (Å²) < 4.78 is 29.0. The van der Waals surface area contributed by atoms with E-state index in [-0.39, 0.29) is 6.61 Å². The van der Waals surface area contributed by atoms with Gasteiger partial charge in [0.2, 0.25) is 0 Å². The topological polar surface area (TPSA) is 107 Å². The van der Waals surface area contributed by atoms with E-state index in [4.69, 9.17) is 23.3 Å². The maximum Gasteiger partial charge on any atom is 0.549 e. The molecule has 0 saturated heterocycles. The average molecular weight is 484 g/mol. The minimum absolute atomic E-state index is 0.378. The highest BCUT2D eigenvalue weighted by atomic mass is 32.1. The van der Waals surface area contributed by atoms with E-state index in [9.17, 15) is 4.79 Å². The smallest absolute Gasteiger partial charge is 0.481 e. The molecule has 7 nitrogen and oxygen atoms in total. The van der Waals surface area contributed by atoms with Crippen LogP contribution < -0.4 is 4.74 Å². The molecule has 0 bridgehead atoms. The van der Waals surface area contributed by atoms with Gasteiger partial charge in [-0.05, 0) is 66.8 Å². The number of thiophene rings is 1. The zero-order valence-electron chi connectivity index (χ0n) is 18.9. The van der Waals surface area contributed by atoms with E-state index in [1.807, 2.05) is 24.3 Å². The van der Waals surface area contributed by atoms with Gasteiger partial charge in [-0.2, -0.15) is 0 Å². The van der Waals surface area contributed by atoms with Crippen LogP contribution in [-0.2, 0) is 26.6 Å². The molecule has 0 aliphatic carbocycles. The highest BCUT2D eigenvalue weighted by Gasteiger charge is 2.18. The molecule has 0 aliphatic rings.